The van der Waals surface area contributed by atoms with Crippen LogP contribution < -0.4 is 5.73 Å². The van der Waals surface area contributed by atoms with Crippen molar-refractivity contribution in [2.45, 2.75) is 39.4 Å². The largest absolute Gasteiger partial charge is 0.335 e. The average molecular weight is 346 g/mol. The Bertz CT molecular complexity index is 391. The molecule has 17 heavy (non-hydrogen) atoms. The zero-order chi connectivity index (χ0) is 13.0. The van der Waals surface area contributed by atoms with Gasteiger partial charge in [-0.2, -0.15) is 0 Å². The Morgan fingerprint density at radius 3 is 2.41 bits per heavy atom. The summed E-state index contributed by atoms with van der Waals surface area (Å²) >= 11 is 2.29. The van der Waals surface area contributed by atoms with Gasteiger partial charge in [0.25, 0.3) is 0 Å². The van der Waals surface area contributed by atoms with Crippen molar-refractivity contribution in [3.05, 3.63) is 33.4 Å². The summed E-state index contributed by atoms with van der Waals surface area (Å²) in [6.45, 7) is 6.37. The van der Waals surface area contributed by atoms with Crippen LogP contribution in [0.5, 0.6) is 0 Å². The van der Waals surface area contributed by atoms with Crippen LogP contribution in [-0.2, 0) is 11.3 Å². The summed E-state index contributed by atoms with van der Waals surface area (Å²) in [4.78, 5) is 13.8. The van der Waals surface area contributed by atoms with Crippen LogP contribution in [0.15, 0.2) is 24.3 Å². The monoisotopic (exact) mass is 346 g/mol. The molecule has 0 bridgehead atoms. The highest BCUT2D eigenvalue weighted by Gasteiger charge is 2.20. The molecule has 0 fully saturated rings. The average Bonchev–Trinajstić information content (AvgIpc) is 2.26. The van der Waals surface area contributed by atoms with E-state index in [0.717, 1.165) is 5.56 Å². The zero-order valence-electron chi connectivity index (χ0n) is 10.5. The van der Waals surface area contributed by atoms with Crippen molar-refractivity contribution in [3.63, 3.8) is 0 Å². The van der Waals surface area contributed by atoms with E-state index < -0.39 is 6.04 Å². The second-order valence-corrected chi connectivity index (χ2v) is 5.60. The molecule has 0 aliphatic heterocycles. The summed E-state index contributed by atoms with van der Waals surface area (Å²) in [6, 6.07) is 7.80. The van der Waals surface area contributed by atoms with E-state index >= 15 is 0 Å². The molecule has 94 valence electrons. The van der Waals surface area contributed by atoms with E-state index in [4.69, 9.17) is 5.73 Å². The third kappa shape index (κ3) is 3.96. The molecular formula is C13H19IN2O. The van der Waals surface area contributed by atoms with Crippen LogP contribution in [0.3, 0.4) is 0 Å². The van der Waals surface area contributed by atoms with Gasteiger partial charge < -0.3 is 10.6 Å². The van der Waals surface area contributed by atoms with Crippen LogP contribution in [-0.4, -0.2) is 22.9 Å². The lowest BCUT2D eigenvalue weighted by Gasteiger charge is -2.28. The molecule has 1 atom stereocenters. The molecule has 3 nitrogen and oxygen atoms in total. The van der Waals surface area contributed by atoms with Gasteiger partial charge in [0.1, 0.15) is 0 Å². The van der Waals surface area contributed by atoms with Gasteiger partial charge in [-0.05, 0) is 55.0 Å². The molecule has 0 aliphatic rings. The maximum Gasteiger partial charge on any atom is 0.239 e. The van der Waals surface area contributed by atoms with Crippen LogP contribution in [0.4, 0.5) is 0 Å². The third-order valence-corrected chi connectivity index (χ3v) is 3.65. The van der Waals surface area contributed by atoms with Gasteiger partial charge in [-0.3, -0.25) is 4.79 Å². The Labute approximate surface area is 117 Å². The molecule has 0 aliphatic carbocycles. The predicted molar refractivity (Wildman–Crippen MR) is 78.5 cm³/mol. The number of halogens is 1. The van der Waals surface area contributed by atoms with Crippen LogP contribution >= 0.6 is 22.6 Å². The molecule has 0 heterocycles. The van der Waals surface area contributed by atoms with Gasteiger partial charge in [0.05, 0.1) is 6.04 Å². The highest BCUT2D eigenvalue weighted by Crippen LogP contribution is 2.16. The first-order valence-corrected chi connectivity index (χ1v) is 6.80. The van der Waals surface area contributed by atoms with Gasteiger partial charge in [0.15, 0.2) is 0 Å². The Morgan fingerprint density at radius 2 is 1.94 bits per heavy atom. The first kappa shape index (κ1) is 14.4. The fourth-order valence-electron chi connectivity index (χ4n) is 1.59. The summed E-state index contributed by atoms with van der Waals surface area (Å²) in [7, 11) is 0. The molecule has 0 unspecified atom stereocenters. The zero-order valence-corrected chi connectivity index (χ0v) is 12.6. The minimum Gasteiger partial charge on any atom is -0.335 e. The Balaban J connectivity index is 2.88. The van der Waals surface area contributed by atoms with E-state index in [9.17, 15) is 4.79 Å². The van der Waals surface area contributed by atoms with E-state index in [1.165, 1.54) is 3.57 Å². The SMILES string of the molecule is CC(C)N(Cc1ccccc1I)C(=O)[C@H](C)N. The summed E-state index contributed by atoms with van der Waals surface area (Å²) in [5.74, 6) is -0.000321. The lowest BCUT2D eigenvalue weighted by Crippen LogP contribution is -2.45. The highest BCUT2D eigenvalue weighted by molar-refractivity contribution is 14.1. The maximum atomic E-state index is 12.0. The summed E-state index contributed by atoms with van der Waals surface area (Å²) in [5, 5.41) is 0. The smallest absolute Gasteiger partial charge is 0.239 e. The van der Waals surface area contributed by atoms with Crippen LogP contribution in [0, 0.1) is 3.57 Å². The van der Waals surface area contributed by atoms with E-state index in [0.29, 0.717) is 6.54 Å². The lowest BCUT2D eigenvalue weighted by molar-refractivity contribution is -0.134. The van der Waals surface area contributed by atoms with Crippen molar-refractivity contribution < 1.29 is 4.79 Å². The predicted octanol–water partition coefficient (Wildman–Crippen LogP) is 2.38. The van der Waals surface area contributed by atoms with E-state index in [-0.39, 0.29) is 11.9 Å². The molecule has 0 radical (unpaired) electrons. The number of nitrogens with two attached hydrogens (primary N) is 1. The van der Waals surface area contributed by atoms with Crippen molar-refractivity contribution in [2.75, 3.05) is 0 Å². The van der Waals surface area contributed by atoms with Crippen LogP contribution in [0.2, 0.25) is 0 Å². The van der Waals surface area contributed by atoms with Gasteiger partial charge >= 0.3 is 0 Å². The first-order valence-electron chi connectivity index (χ1n) is 5.73. The first-order chi connectivity index (χ1) is 7.93. The number of hydrogen-bond acceptors (Lipinski definition) is 2. The number of carbonyl (C=O) groups excluding carboxylic acids is 1. The molecule has 1 aromatic carbocycles. The van der Waals surface area contributed by atoms with Gasteiger partial charge in [-0.15, -0.1) is 0 Å². The number of hydrogen-bond donors (Lipinski definition) is 1. The fraction of sp³-hybridized carbons (Fsp3) is 0.462. The third-order valence-electron chi connectivity index (χ3n) is 2.59. The summed E-state index contributed by atoms with van der Waals surface area (Å²) in [6.07, 6.45) is 0. The molecule has 4 heteroatoms. The van der Waals surface area contributed by atoms with Crippen LogP contribution in [0.25, 0.3) is 0 Å². The molecular weight excluding hydrogens is 327 g/mol. The molecule has 1 amide bonds. The van der Waals surface area contributed by atoms with Gasteiger partial charge in [0.2, 0.25) is 5.91 Å². The Hall–Kier alpha value is -0.620. The lowest BCUT2D eigenvalue weighted by atomic mass is 10.1. The fourth-order valence-corrected chi connectivity index (χ4v) is 2.14. The minimum absolute atomic E-state index is 0.000321. The molecule has 0 saturated heterocycles. The number of nitrogens with zero attached hydrogens (tertiary/aromatic N) is 1. The number of rotatable bonds is 4. The summed E-state index contributed by atoms with van der Waals surface area (Å²) in [5.41, 5.74) is 6.84. The molecule has 0 aromatic heterocycles. The summed E-state index contributed by atoms with van der Waals surface area (Å²) < 4.78 is 1.17. The number of carbonyl (C=O) groups is 1. The van der Waals surface area contributed by atoms with Gasteiger partial charge in [-0.1, -0.05) is 18.2 Å². The second-order valence-electron chi connectivity index (χ2n) is 4.44. The normalized spacial score (nSPS) is 12.6. The maximum absolute atomic E-state index is 12.0. The molecule has 2 N–H and O–H groups in total. The Morgan fingerprint density at radius 1 is 1.35 bits per heavy atom. The molecule has 0 spiro atoms. The van der Waals surface area contributed by atoms with E-state index in [1.54, 1.807) is 6.92 Å². The van der Waals surface area contributed by atoms with Crippen molar-refractivity contribution in [1.82, 2.24) is 4.90 Å². The molecule has 1 aromatic rings. The quantitative estimate of drug-likeness (QED) is 0.851. The molecule has 1 rings (SSSR count). The van der Waals surface area contributed by atoms with Crippen molar-refractivity contribution in [1.29, 1.82) is 0 Å². The van der Waals surface area contributed by atoms with Crippen LogP contribution in [0.1, 0.15) is 26.3 Å². The van der Waals surface area contributed by atoms with Gasteiger partial charge in [-0.25, -0.2) is 0 Å². The molecule has 0 saturated carbocycles. The standard InChI is InChI=1S/C13H19IN2O/c1-9(2)16(13(17)10(3)15)8-11-6-4-5-7-12(11)14/h4-7,9-10H,8,15H2,1-3H3/t10-/m0/s1. The number of benzene rings is 1. The minimum atomic E-state index is -0.446. The van der Waals surface area contributed by atoms with Crippen molar-refractivity contribution in [3.8, 4) is 0 Å². The van der Waals surface area contributed by atoms with E-state index in [2.05, 4.69) is 22.6 Å². The second kappa shape index (κ2) is 6.35. The Kier molecular flexibility index (Phi) is 5.39. The highest BCUT2D eigenvalue weighted by atomic mass is 127. The van der Waals surface area contributed by atoms with Crippen molar-refractivity contribution in [2.24, 2.45) is 5.73 Å². The van der Waals surface area contributed by atoms with Crippen molar-refractivity contribution >= 4 is 28.5 Å². The topological polar surface area (TPSA) is 46.3 Å². The number of amides is 1. The van der Waals surface area contributed by atoms with E-state index in [1.807, 2.05) is 43.0 Å². The van der Waals surface area contributed by atoms with Gasteiger partial charge in [0, 0.05) is 16.2 Å².